The molecule has 3 aromatic heterocycles. The van der Waals surface area contributed by atoms with Crippen molar-refractivity contribution in [3.05, 3.63) is 60.3 Å². The van der Waals surface area contributed by atoms with E-state index in [0.717, 1.165) is 40.6 Å². The third-order valence-electron chi connectivity index (χ3n) is 6.76. The molecule has 0 saturated carbocycles. The summed E-state index contributed by atoms with van der Waals surface area (Å²) in [5.41, 5.74) is 2.75. The zero-order chi connectivity index (χ0) is 25.4. The molecule has 36 heavy (non-hydrogen) atoms. The number of piperazine rings is 1. The van der Waals surface area contributed by atoms with Gasteiger partial charge in [0.15, 0.2) is 19.5 Å². The molecule has 0 bridgehead atoms. The summed E-state index contributed by atoms with van der Waals surface area (Å²) in [6, 6.07) is 9.75. The summed E-state index contributed by atoms with van der Waals surface area (Å²) in [6.07, 6.45) is 5.25. The first-order valence-electron chi connectivity index (χ1n) is 12.2. The van der Waals surface area contributed by atoms with Crippen molar-refractivity contribution in [3.63, 3.8) is 0 Å². The predicted molar refractivity (Wildman–Crippen MR) is 143 cm³/mol. The third-order valence-corrected chi connectivity index (χ3v) is 6.76. The number of rotatable bonds is 5. The van der Waals surface area contributed by atoms with Gasteiger partial charge in [0.25, 0.3) is 5.91 Å². The zero-order valence-corrected chi connectivity index (χ0v) is 21.0. The van der Waals surface area contributed by atoms with Crippen molar-refractivity contribution in [3.8, 4) is 11.1 Å². The number of benzene rings is 1. The van der Waals surface area contributed by atoms with Gasteiger partial charge >= 0.3 is 0 Å². The van der Waals surface area contributed by atoms with Crippen LogP contribution in [-0.4, -0.2) is 70.6 Å². The topological polar surface area (TPSA) is 79.2 Å². The monoisotopic (exact) mass is 485 g/mol. The van der Waals surface area contributed by atoms with Crippen LogP contribution < -0.4 is 15.8 Å². The average Bonchev–Trinajstić information content (AvgIpc) is 3.30. The number of halogens is 1. The van der Waals surface area contributed by atoms with E-state index < -0.39 is 11.7 Å². The molecule has 8 nitrogen and oxygen atoms in total. The van der Waals surface area contributed by atoms with Gasteiger partial charge in [-0.2, -0.15) is 5.10 Å². The molecule has 1 aliphatic rings. The number of carbonyl (C=O) groups is 1. The second kappa shape index (κ2) is 9.70. The first-order valence-corrected chi connectivity index (χ1v) is 12.2. The number of hydrogen-bond donors (Lipinski definition) is 1. The van der Waals surface area contributed by atoms with Gasteiger partial charge in [-0.1, -0.05) is 12.1 Å². The molecule has 0 unspecified atom stereocenters. The number of fused-ring (bicyclic) bond motifs is 1. The van der Waals surface area contributed by atoms with E-state index in [1.165, 1.54) is 12.3 Å². The second-order valence-electron chi connectivity index (χ2n) is 9.50. The van der Waals surface area contributed by atoms with Crippen molar-refractivity contribution >= 4 is 41.8 Å². The summed E-state index contributed by atoms with van der Waals surface area (Å²) in [4.78, 5) is 26.1. The Hall–Kier alpha value is -3.79. The molecule has 1 saturated heterocycles. The van der Waals surface area contributed by atoms with E-state index in [4.69, 9.17) is 0 Å². The summed E-state index contributed by atoms with van der Waals surface area (Å²) < 4.78 is 17.2. The van der Waals surface area contributed by atoms with E-state index in [1.54, 1.807) is 4.68 Å². The summed E-state index contributed by atoms with van der Waals surface area (Å²) in [6.45, 7) is 7.30. The van der Waals surface area contributed by atoms with Crippen LogP contribution in [0.5, 0.6) is 0 Å². The molecule has 0 aliphatic carbocycles. The maximum absolute atomic E-state index is 15.4. The van der Waals surface area contributed by atoms with E-state index in [0.29, 0.717) is 24.9 Å². The Labute approximate surface area is 210 Å². The van der Waals surface area contributed by atoms with Crippen LogP contribution in [0.3, 0.4) is 0 Å². The highest BCUT2D eigenvalue weighted by atomic mass is 19.1. The number of hydrogen-bond acceptors (Lipinski definition) is 6. The maximum atomic E-state index is 15.4. The number of carbonyl (C=O) groups excluding carboxylic acids is 1. The lowest BCUT2D eigenvalue weighted by Gasteiger charge is -2.37. The molecule has 1 aromatic carbocycles. The van der Waals surface area contributed by atoms with Crippen LogP contribution in [0.25, 0.3) is 21.9 Å². The lowest BCUT2D eigenvalue weighted by atomic mass is 9.94. The molecule has 1 amide bonds. The van der Waals surface area contributed by atoms with Gasteiger partial charge in [0.2, 0.25) is 0 Å². The van der Waals surface area contributed by atoms with Gasteiger partial charge in [0, 0.05) is 62.8 Å². The Morgan fingerprint density at radius 3 is 2.58 bits per heavy atom. The molecule has 184 valence electrons. The molecule has 1 fully saturated rings. The van der Waals surface area contributed by atoms with Gasteiger partial charge in [0.05, 0.1) is 11.8 Å². The Balaban J connectivity index is 1.39. The number of nitrogens with one attached hydrogen (secondary N) is 1. The Bertz CT molecular complexity index is 1430. The summed E-state index contributed by atoms with van der Waals surface area (Å²) in [5, 5.41) is 8.94. The minimum Gasteiger partial charge on any atom is -0.352 e. The molecular weight excluding hydrogens is 456 g/mol. The van der Waals surface area contributed by atoms with Crippen molar-refractivity contribution < 1.29 is 9.18 Å². The fraction of sp³-hybridized carbons (Fsp3) is 0.308. The molecule has 0 radical (unpaired) electrons. The van der Waals surface area contributed by atoms with Gasteiger partial charge in [-0.15, -0.1) is 0 Å². The van der Waals surface area contributed by atoms with Crippen LogP contribution in [0.4, 0.5) is 16.0 Å². The van der Waals surface area contributed by atoms with Crippen LogP contribution in [0.2, 0.25) is 0 Å². The largest absolute Gasteiger partial charge is 0.352 e. The highest BCUT2D eigenvalue weighted by Crippen LogP contribution is 2.25. The molecule has 0 atom stereocenters. The van der Waals surface area contributed by atoms with E-state index >= 15 is 4.39 Å². The Morgan fingerprint density at radius 1 is 1.11 bits per heavy atom. The summed E-state index contributed by atoms with van der Waals surface area (Å²) >= 11 is 0. The van der Waals surface area contributed by atoms with Crippen molar-refractivity contribution in [2.24, 2.45) is 7.05 Å². The maximum Gasteiger partial charge on any atom is 0.259 e. The van der Waals surface area contributed by atoms with Crippen LogP contribution in [0, 0.1) is 5.82 Å². The molecule has 10 heteroatoms. The Morgan fingerprint density at radius 2 is 1.89 bits per heavy atom. The molecule has 1 aliphatic heterocycles. The molecule has 0 spiro atoms. The molecule has 5 rings (SSSR count). The van der Waals surface area contributed by atoms with Gasteiger partial charge in [0.1, 0.15) is 5.82 Å². The van der Waals surface area contributed by atoms with Crippen molar-refractivity contribution in [1.29, 1.82) is 0 Å². The lowest BCUT2D eigenvalue weighted by Crippen LogP contribution is -2.49. The molecule has 4 aromatic rings. The zero-order valence-electron chi connectivity index (χ0n) is 21.0. The first kappa shape index (κ1) is 23.9. The standard InChI is InChI=1S/C26H29BFN7O/c1-16(2)34-8-10-35(11-9-34)25-23(28)21(6-7-29-25)26(36)32-22-13-18-12-17(19-14-30-33(3)15-19)4-5-20(18)24(27)31-22/h4-7,12-16H,8-11,27H2,1-3H3,(H,31,32,36). The fourth-order valence-electron chi connectivity index (χ4n) is 4.71. The van der Waals surface area contributed by atoms with E-state index in [-0.39, 0.29) is 11.4 Å². The minimum absolute atomic E-state index is 0.0463. The van der Waals surface area contributed by atoms with Gasteiger partial charge in [-0.05, 0) is 48.4 Å². The molecule has 1 N–H and O–H groups in total. The van der Waals surface area contributed by atoms with Crippen LogP contribution in [-0.2, 0) is 7.05 Å². The molecular formula is C26H29BFN7O. The van der Waals surface area contributed by atoms with Crippen molar-refractivity contribution in [2.45, 2.75) is 19.9 Å². The smallest absolute Gasteiger partial charge is 0.259 e. The van der Waals surface area contributed by atoms with Gasteiger partial charge < -0.3 is 10.2 Å². The van der Waals surface area contributed by atoms with Crippen molar-refractivity contribution in [2.75, 3.05) is 36.4 Å². The SMILES string of the molecule is Bc1nc(NC(=O)c2ccnc(N3CCN(C(C)C)CC3)c2F)cc2cc(-c3cnn(C)c3)ccc12. The third kappa shape index (κ3) is 4.68. The second-order valence-corrected chi connectivity index (χ2v) is 9.50. The normalized spacial score (nSPS) is 14.5. The predicted octanol–water partition coefficient (Wildman–Crippen LogP) is 2.21. The number of aromatic nitrogens is 4. The number of aryl methyl sites for hydroxylation is 1. The van der Waals surface area contributed by atoms with E-state index in [1.807, 2.05) is 56.5 Å². The van der Waals surface area contributed by atoms with Crippen LogP contribution in [0.15, 0.2) is 48.9 Å². The highest BCUT2D eigenvalue weighted by molar-refractivity contribution is 6.37. The minimum atomic E-state index is -0.607. The van der Waals surface area contributed by atoms with E-state index in [2.05, 4.69) is 39.1 Å². The lowest BCUT2D eigenvalue weighted by molar-refractivity contribution is 0.102. The van der Waals surface area contributed by atoms with Gasteiger partial charge in [-0.25, -0.2) is 14.4 Å². The number of amides is 1. The van der Waals surface area contributed by atoms with Crippen LogP contribution in [0.1, 0.15) is 24.2 Å². The molecule has 4 heterocycles. The summed E-state index contributed by atoms with van der Waals surface area (Å²) in [5.74, 6) is -0.567. The van der Waals surface area contributed by atoms with Crippen molar-refractivity contribution in [1.82, 2.24) is 24.6 Å². The van der Waals surface area contributed by atoms with E-state index in [9.17, 15) is 4.79 Å². The first-order chi connectivity index (χ1) is 17.3. The highest BCUT2D eigenvalue weighted by Gasteiger charge is 2.25. The fourth-order valence-corrected chi connectivity index (χ4v) is 4.71. The quantitative estimate of drug-likeness (QED) is 0.437. The summed E-state index contributed by atoms with van der Waals surface area (Å²) in [7, 11) is 3.77. The number of pyridine rings is 2. The Kier molecular flexibility index (Phi) is 6.45. The average molecular weight is 485 g/mol. The van der Waals surface area contributed by atoms with Crippen LogP contribution >= 0.6 is 0 Å². The number of anilines is 2. The van der Waals surface area contributed by atoms with Gasteiger partial charge in [-0.3, -0.25) is 14.4 Å². The number of nitrogens with zero attached hydrogens (tertiary/aromatic N) is 6.